The topological polar surface area (TPSA) is 70.4 Å². The van der Waals surface area contributed by atoms with Gasteiger partial charge in [-0.2, -0.15) is 0 Å². The molecule has 3 aromatic heterocycles. The molecule has 0 aliphatic heterocycles. The van der Waals surface area contributed by atoms with Crippen LogP contribution in [0.1, 0.15) is 42.4 Å². The van der Waals surface area contributed by atoms with Gasteiger partial charge in [-0.25, -0.2) is 4.98 Å². The molecule has 5 heteroatoms. The number of nitrogens with one attached hydrogen (secondary N) is 1. The first-order chi connectivity index (χ1) is 10.5. The van der Waals surface area contributed by atoms with Gasteiger partial charge in [0.05, 0.1) is 17.5 Å². The van der Waals surface area contributed by atoms with Crippen LogP contribution in [0.25, 0.3) is 16.8 Å². The third-order valence-electron chi connectivity index (χ3n) is 4.47. The molecule has 4 rings (SSSR count). The zero-order chi connectivity index (χ0) is 15.4. The van der Waals surface area contributed by atoms with Crippen molar-refractivity contribution in [3.63, 3.8) is 0 Å². The lowest BCUT2D eigenvalue weighted by Gasteiger charge is -2.09. The van der Waals surface area contributed by atoms with Gasteiger partial charge in [0.15, 0.2) is 0 Å². The van der Waals surface area contributed by atoms with E-state index in [1.165, 1.54) is 6.07 Å². The first-order valence-electron chi connectivity index (χ1n) is 7.45. The number of rotatable bonds is 1. The highest BCUT2D eigenvalue weighted by Crippen LogP contribution is 2.40. The number of pyridine rings is 2. The van der Waals surface area contributed by atoms with Crippen molar-refractivity contribution in [2.75, 3.05) is 0 Å². The average Bonchev–Trinajstić information content (AvgIpc) is 2.97. The largest absolute Gasteiger partial charge is 0.387 e. The second-order valence-electron chi connectivity index (χ2n) is 6.04. The van der Waals surface area contributed by atoms with Gasteiger partial charge in [-0.05, 0) is 31.5 Å². The molecule has 112 valence electrons. The van der Waals surface area contributed by atoms with E-state index in [0.29, 0.717) is 0 Å². The van der Waals surface area contributed by atoms with Crippen LogP contribution in [0.2, 0.25) is 0 Å². The van der Waals surface area contributed by atoms with Crippen LogP contribution < -0.4 is 5.56 Å². The fourth-order valence-electron chi connectivity index (χ4n) is 3.42. The summed E-state index contributed by atoms with van der Waals surface area (Å²) in [5, 5.41) is 10.1. The number of H-pyrrole nitrogens is 1. The van der Waals surface area contributed by atoms with Crippen LogP contribution in [-0.4, -0.2) is 19.5 Å². The maximum absolute atomic E-state index is 11.4. The number of fused-ring (bicyclic) bond motifs is 3. The first-order valence-corrected chi connectivity index (χ1v) is 7.45. The van der Waals surface area contributed by atoms with Gasteiger partial charge in [0.25, 0.3) is 0 Å². The molecule has 1 aliphatic carbocycles. The third kappa shape index (κ3) is 1.82. The van der Waals surface area contributed by atoms with E-state index in [2.05, 4.69) is 21.3 Å². The summed E-state index contributed by atoms with van der Waals surface area (Å²) in [6.45, 7) is 4.01. The van der Waals surface area contributed by atoms with Crippen molar-refractivity contribution in [2.24, 2.45) is 0 Å². The Bertz CT molecular complexity index is 939. The SMILES string of the molecule is Cc1[nH]c(=O)ccc1-c1ccc2nc3c(n2c1)[C@@H](C)C[C@H]3O. The number of hydrogen-bond donors (Lipinski definition) is 2. The predicted octanol–water partition coefficient (Wildman–Crippen LogP) is 2.54. The summed E-state index contributed by atoms with van der Waals surface area (Å²) in [5.74, 6) is 0.284. The van der Waals surface area contributed by atoms with Crippen molar-refractivity contribution < 1.29 is 5.11 Å². The molecular weight excluding hydrogens is 278 g/mol. The molecule has 0 fully saturated rings. The van der Waals surface area contributed by atoms with Crippen molar-refractivity contribution in [2.45, 2.75) is 32.3 Å². The number of aromatic nitrogens is 3. The van der Waals surface area contributed by atoms with Gasteiger partial charge in [-0.15, -0.1) is 0 Å². The number of hydrogen-bond acceptors (Lipinski definition) is 3. The summed E-state index contributed by atoms with van der Waals surface area (Å²) in [7, 11) is 0. The Balaban J connectivity index is 1.94. The van der Waals surface area contributed by atoms with Gasteiger partial charge < -0.3 is 14.5 Å². The minimum atomic E-state index is -0.469. The molecule has 2 atom stereocenters. The van der Waals surface area contributed by atoms with E-state index >= 15 is 0 Å². The van der Waals surface area contributed by atoms with E-state index in [1.54, 1.807) is 0 Å². The molecule has 5 nitrogen and oxygen atoms in total. The standard InChI is InChI=1S/C17H17N3O2/c1-9-7-13(21)16-17(9)20-8-11(3-5-14(20)19-16)12-4-6-15(22)18-10(12)2/h3-6,8-9,13,21H,7H2,1-2H3,(H,18,22)/t9-,13+/m0/s1. The van der Waals surface area contributed by atoms with E-state index in [0.717, 1.165) is 40.3 Å². The zero-order valence-corrected chi connectivity index (χ0v) is 12.5. The fourth-order valence-corrected chi connectivity index (χ4v) is 3.42. The minimum absolute atomic E-state index is 0.0948. The molecule has 0 unspecified atom stereocenters. The minimum Gasteiger partial charge on any atom is -0.387 e. The zero-order valence-electron chi connectivity index (χ0n) is 12.5. The Labute approximate surface area is 127 Å². The highest BCUT2D eigenvalue weighted by Gasteiger charge is 2.31. The third-order valence-corrected chi connectivity index (χ3v) is 4.47. The number of aliphatic hydroxyl groups excluding tert-OH is 1. The Morgan fingerprint density at radius 3 is 2.91 bits per heavy atom. The first kappa shape index (κ1) is 13.3. The molecule has 0 bridgehead atoms. The van der Waals surface area contributed by atoms with Crippen molar-refractivity contribution in [1.82, 2.24) is 14.4 Å². The summed E-state index contributed by atoms with van der Waals surface area (Å²) < 4.78 is 2.07. The van der Waals surface area contributed by atoms with Gasteiger partial charge in [0.1, 0.15) is 5.65 Å². The molecule has 0 radical (unpaired) electrons. The summed E-state index contributed by atoms with van der Waals surface area (Å²) in [6.07, 6.45) is 2.29. The molecule has 3 heterocycles. The van der Waals surface area contributed by atoms with Crippen LogP contribution in [0.15, 0.2) is 35.3 Å². The average molecular weight is 295 g/mol. The lowest BCUT2D eigenvalue weighted by molar-refractivity contribution is 0.171. The predicted molar refractivity (Wildman–Crippen MR) is 84.0 cm³/mol. The summed E-state index contributed by atoms with van der Waals surface area (Å²) in [5.41, 5.74) is 5.50. The molecule has 1 aliphatic rings. The Kier molecular flexibility index (Phi) is 2.74. The molecule has 0 aromatic carbocycles. The van der Waals surface area contributed by atoms with Crippen LogP contribution in [0.5, 0.6) is 0 Å². The highest BCUT2D eigenvalue weighted by atomic mass is 16.3. The second kappa shape index (κ2) is 4.55. The molecule has 3 aromatic rings. The molecule has 0 saturated carbocycles. The van der Waals surface area contributed by atoms with Crippen molar-refractivity contribution in [3.05, 3.63) is 57.9 Å². The quantitative estimate of drug-likeness (QED) is 0.725. The summed E-state index contributed by atoms with van der Waals surface area (Å²) >= 11 is 0. The Morgan fingerprint density at radius 2 is 2.14 bits per heavy atom. The lowest BCUT2D eigenvalue weighted by atomic mass is 10.1. The molecule has 22 heavy (non-hydrogen) atoms. The van der Waals surface area contributed by atoms with Gasteiger partial charge in [-0.3, -0.25) is 4.79 Å². The number of nitrogens with zero attached hydrogens (tertiary/aromatic N) is 2. The van der Waals surface area contributed by atoms with Gasteiger partial charge in [0, 0.05) is 35.0 Å². The maximum atomic E-state index is 11.4. The van der Waals surface area contributed by atoms with Gasteiger partial charge in [-0.1, -0.05) is 6.92 Å². The van der Waals surface area contributed by atoms with Gasteiger partial charge >= 0.3 is 0 Å². The Morgan fingerprint density at radius 1 is 1.32 bits per heavy atom. The number of aromatic amines is 1. The van der Waals surface area contributed by atoms with Crippen molar-refractivity contribution in [1.29, 1.82) is 0 Å². The number of imidazole rings is 1. The van der Waals surface area contributed by atoms with E-state index in [1.807, 2.05) is 31.3 Å². The fraction of sp³-hybridized carbons (Fsp3) is 0.294. The van der Waals surface area contributed by atoms with Crippen LogP contribution in [-0.2, 0) is 0 Å². The second-order valence-corrected chi connectivity index (χ2v) is 6.04. The lowest BCUT2D eigenvalue weighted by Crippen LogP contribution is -2.06. The van der Waals surface area contributed by atoms with Crippen LogP contribution in [0.3, 0.4) is 0 Å². The van der Waals surface area contributed by atoms with E-state index in [-0.39, 0.29) is 11.5 Å². The van der Waals surface area contributed by atoms with Crippen LogP contribution in [0.4, 0.5) is 0 Å². The molecule has 0 saturated heterocycles. The van der Waals surface area contributed by atoms with Crippen molar-refractivity contribution in [3.8, 4) is 11.1 Å². The molecular formula is C17H17N3O2. The number of aliphatic hydroxyl groups is 1. The number of aryl methyl sites for hydroxylation is 1. The normalized spacial score (nSPS) is 20.5. The summed E-state index contributed by atoms with van der Waals surface area (Å²) in [4.78, 5) is 18.8. The van der Waals surface area contributed by atoms with E-state index in [4.69, 9.17) is 0 Å². The van der Waals surface area contributed by atoms with Crippen molar-refractivity contribution >= 4 is 5.65 Å². The van der Waals surface area contributed by atoms with Crippen LogP contribution in [0, 0.1) is 6.92 Å². The monoisotopic (exact) mass is 295 g/mol. The molecule has 2 N–H and O–H groups in total. The van der Waals surface area contributed by atoms with E-state index in [9.17, 15) is 9.90 Å². The van der Waals surface area contributed by atoms with E-state index < -0.39 is 6.10 Å². The molecule has 0 spiro atoms. The van der Waals surface area contributed by atoms with Crippen LogP contribution >= 0.6 is 0 Å². The summed E-state index contributed by atoms with van der Waals surface area (Å²) in [6, 6.07) is 7.33. The maximum Gasteiger partial charge on any atom is 0.248 e. The Hall–Kier alpha value is -2.40. The van der Waals surface area contributed by atoms with Gasteiger partial charge in [0.2, 0.25) is 5.56 Å². The molecule has 0 amide bonds. The smallest absolute Gasteiger partial charge is 0.248 e. The highest BCUT2D eigenvalue weighted by molar-refractivity contribution is 5.67.